The minimum atomic E-state index is -4.62. The van der Waals surface area contributed by atoms with Gasteiger partial charge in [-0.05, 0) is 30.3 Å². The standard InChI is InChI=1S/C19H18ClF3N2O3/c20-15-3-1-2-4-17(15)28-12-18(26)24-16-6-5-13(11-14(16)19(21,22)23)25-7-9-27-10-8-25/h1-6,11H,7-10,12H2,(H,24,26). The van der Waals surface area contributed by atoms with Crippen molar-refractivity contribution in [1.82, 2.24) is 0 Å². The summed E-state index contributed by atoms with van der Waals surface area (Å²) in [6.45, 7) is 1.47. The Balaban J connectivity index is 1.73. The maximum Gasteiger partial charge on any atom is 0.418 e. The Morgan fingerprint density at radius 3 is 2.57 bits per heavy atom. The summed E-state index contributed by atoms with van der Waals surface area (Å²) in [5.74, 6) is -0.442. The molecule has 1 aliphatic rings. The molecular formula is C19H18ClF3N2O3. The predicted octanol–water partition coefficient (Wildman–Crippen LogP) is 4.21. The van der Waals surface area contributed by atoms with E-state index >= 15 is 0 Å². The monoisotopic (exact) mass is 414 g/mol. The molecule has 1 fully saturated rings. The molecule has 0 spiro atoms. The topological polar surface area (TPSA) is 50.8 Å². The average molecular weight is 415 g/mol. The summed E-state index contributed by atoms with van der Waals surface area (Å²) in [5.41, 5.74) is -0.805. The number of hydrogen-bond donors (Lipinski definition) is 1. The fourth-order valence-electron chi connectivity index (χ4n) is 2.79. The fraction of sp³-hybridized carbons (Fsp3) is 0.316. The van der Waals surface area contributed by atoms with E-state index in [2.05, 4.69) is 5.32 Å². The number of alkyl halides is 3. The molecule has 0 radical (unpaired) electrons. The molecule has 3 rings (SSSR count). The number of para-hydroxylation sites is 1. The zero-order chi connectivity index (χ0) is 20.1. The van der Waals surface area contributed by atoms with E-state index in [1.165, 1.54) is 6.07 Å². The number of rotatable bonds is 5. The highest BCUT2D eigenvalue weighted by Crippen LogP contribution is 2.37. The van der Waals surface area contributed by atoms with Gasteiger partial charge in [-0.3, -0.25) is 4.79 Å². The Hall–Kier alpha value is -2.45. The van der Waals surface area contributed by atoms with Gasteiger partial charge in [0.2, 0.25) is 0 Å². The first-order valence-electron chi connectivity index (χ1n) is 8.56. The minimum absolute atomic E-state index is 0.276. The molecule has 150 valence electrons. The van der Waals surface area contributed by atoms with Crippen molar-refractivity contribution < 1.29 is 27.4 Å². The van der Waals surface area contributed by atoms with Gasteiger partial charge in [-0.1, -0.05) is 23.7 Å². The predicted molar refractivity (Wildman–Crippen MR) is 100 cm³/mol. The molecule has 0 bridgehead atoms. The highest BCUT2D eigenvalue weighted by Gasteiger charge is 2.35. The number of amides is 1. The van der Waals surface area contributed by atoms with Crippen molar-refractivity contribution >= 4 is 28.9 Å². The van der Waals surface area contributed by atoms with Crippen LogP contribution in [0.1, 0.15) is 5.56 Å². The summed E-state index contributed by atoms with van der Waals surface area (Å²) < 4.78 is 51.0. The van der Waals surface area contributed by atoms with E-state index in [9.17, 15) is 18.0 Å². The maximum atomic E-state index is 13.5. The second-order valence-corrected chi connectivity index (χ2v) is 6.50. The largest absolute Gasteiger partial charge is 0.482 e. The molecule has 1 heterocycles. The van der Waals surface area contributed by atoms with E-state index in [-0.39, 0.29) is 11.4 Å². The lowest BCUT2D eigenvalue weighted by Crippen LogP contribution is -2.36. The molecule has 0 unspecified atom stereocenters. The van der Waals surface area contributed by atoms with Gasteiger partial charge >= 0.3 is 6.18 Å². The van der Waals surface area contributed by atoms with Crippen molar-refractivity contribution in [2.45, 2.75) is 6.18 Å². The van der Waals surface area contributed by atoms with Crippen molar-refractivity contribution in [2.75, 3.05) is 43.1 Å². The van der Waals surface area contributed by atoms with E-state index in [1.54, 1.807) is 30.3 Å². The molecule has 1 amide bonds. The Morgan fingerprint density at radius 1 is 1.18 bits per heavy atom. The van der Waals surface area contributed by atoms with Crippen LogP contribution in [0.25, 0.3) is 0 Å². The normalized spacial score (nSPS) is 14.6. The molecule has 0 aliphatic carbocycles. The minimum Gasteiger partial charge on any atom is -0.482 e. The highest BCUT2D eigenvalue weighted by molar-refractivity contribution is 6.32. The van der Waals surface area contributed by atoms with Gasteiger partial charge in [0.25, 0.3) is 5.91 Å². The molecular weight excluding hydrogens is 397 g/mol. The summed E-state index contributed by atoms with van der Waals surface area (Å²) in [5, 5.41) is 2.57. The third-order valence-corrected chi connectivity index (χ3v) is 4.47. The molecule has 5 nitrogen and oxygen atoms in total. The van der Waals surface area contributed by atoms with Crippen LogP contribution < -0.4 is 15.0 Å². The lowest BCUT2D eigenvalue weighted by Gasteiger charge is -2.29. The van der Waals surface area contributed by atoms with Gasteiger partial charge in [-0.25, -0.2) is 0 Å². The van der Waals surface area contributed by atoms with Gasteiger partial charge in [-0.15, -0.1) is 0 Å². The Kier molecular flexibility index (Phi) is 6.31. The van der Waals surface area contributed by atoms with Gasteiger partial charge in [-0.2, -0.15) is 13.2 Å². The van der Waals surface area contributed by atoms with Gasteiger partial charge < -0.3 is 19.7 Å². The molecule has 1 N–H and O–H groups in total. The molecule has 2 aromatic carbocycles. The summed E-state index contributed by atoms with van der Waals surface area (Å²) in [7, 11) is 0. The average Bonchev–Trinajstić information content (AvgIpc) is 2.67. The smallest absolute Gasteiger partial charge is 0.418 e. The third kappa shape index (κ3) is 5.08. The fourth-order valence-corrected chi connectivity index (χ4v) is 2.98. The van der Waals surface area contributed by atoms with Crippen LogP contribution in [0.3, 0.4) is 0 Å². The molecule has 2 aromatic rings. The zero-order valence-corrected chi connectivity index (χ0v) is 15.5. The van der Waals surface area contributed by atoms with E-state index in [4.69, 9.17) is 21.1 Å². The van der Waals surface area contributed by atoms with E-state index in [0.29, 0.717) is 37.0 Å². The lowest BCUT2D eigenvalue weighted by molar-refractivity contribution is -0.137. The number of carbonyl (C=O) groups is 1. The van der Waals surface area contributed by atoms with Crippen molar-refractivity contribution in [1.29, 1.82) is 0 Å². The Morgan fingerprint density at radius 2 is 1.89 bits per heavy atom. The quantitative estimate of drug-likeness (QED) is 0.796. The molecule has 28 heavy (non-hydrogen) atoms. The second kappa shape index (κ2) is 8.70. The summed E-state index contributed by atoms with van der Waals surface area (Å²) in [6.07, 6.45) is -4.62. The van der Waals surface area contributed by atoms with Crippen LogP contribution in [0.2, 0.25) is 5.02 Å². The van der Waals surface area contributed by atoms with E-state index in [1.807, 2.05) is 4.90 Å². The number of benzene rings is 2. The van der Waals surface area contributed by atoms with E-state index < -0.39 is 24.3 Å². The van der Waals surface area contributed by atoms with Crippen LogP contribution >= 0.6 is 11.6 Å². The number of anilines is 2. The van der Waals surface area contributed by atoms with Crippen LogP contribution in [0.15, 0.2) is 42.5 Å². The number of hydrogen-bond acceptors (Lipinski definition) is 4. The van der Waals surface area contributed by atoms with Crippen molar-refractivity contribution in [3.63, 3.8) is 0 Å². The van der Waals surface area contributed by atoms with E-state index in [0.717, 1.165) is 6.07 Å². The lowest BCUT2D eigenvalue weighted by atomic mass is 10.1. The summed E-state index contributed by atoms with van der Waals surface area (Å²) in [4.78, 5) is 13.9. The Labute approximate surface area is 165 Å². The molecule has 0 aromatic heterocycles. The van der Waals surface area contributed by atoms with Crippen LogP contribution in [0.4, 0.5) is 24.5 Å². The molecule has 1 saturated heterocycles. The maximum absolute atomic E-state index is 13.5. The summed E-state index contributed by atoms with van der Waals surface area (Å²) >= 11 is 5.93. The number of morpholine rings is 1. The van der Waals surface area contributed by atoms with Crippen molar-refractivity contribution in [3.8, 4) is 5.75 Å². The van der Waals surface area contributed by atoms with Gasteiger partial charge in [0.05, 0.1) is 29.5 Å². The second-order valence-electron chi connectivity index (χ2n) is 6.09. The number of carbonyl (C=O) groups excluding carboxylic acids is 1. The first kappa shape index (κ1) is 20.3. The van der Waals surface area contributed by atoms with Crippen molar-refractivity contribution in [2.24, 2.45) is 0 Å². The van der Waals surface area contributed by atoms with Gasteiger partial charge in [0.1, 0.15) is 5.75 Å². The molecule has 9 heteroatoms. The van der Waals surface area contributed by atoms with Crippen LogP contribution in [0, 0.1) is 0 Å². The molecule has 0 saturated carbocycles. The van der Waals surface area contributed by atoms with Gasteiger partial charge in [0.15, 0.2) is 6.61 Å². The van der Waals surface area contributed by atoms with Crippen LogP contribution in [-0.2, 0) is 15.7 Å². The van der Waals surface area contributed by atoms with Crippen molar-refractivity contribution in [3.05, 3.63) is 53.1 Å². The zero-order valence-electron chi connectivity index (χ0n) is 14.8. The van der Waals surface area contributed by atoms with Crippen LogP contribution in [0.5, 0.6) is 5.75 Å². The molecule has 1 aliphatic heterocycles. The third-order valence-electron chi connectivity index (χ3n) is 4.15. The Bertz CT molecular complexity index is 839. The number of nitrogens with one attached hydrogen (secondary N) is 1. The SMILES string of the molecule is O=C(COc1ccccc1Cl)Nc1ccc(N2CCOCC2)cc1C(F)(F)F. The molecule has 0 atom stereocenters. The first-order valence-corrected chi connectivity index (χ1v) is 8.93. The first-order chi connectivity index (χ1) is 13.3. The number of ether oxygens (including phenoxy) is 2. The summed E-state index contributed by atoms with van der Waals surface area (Å²) in [6, 6.07) is 10.4. The highest BCUT2D eigenvalue weighted by atomic mass is 35.5. The van der Waals surface area contributed by atoms with Crippen LogP contribution in [-0.4, -0.2) is 38.8 Å². The van der Waals surface area contributed by atoms with Gasteiger partial charge in [0, 0.05) is 18.8 Å². The number of halogens is 4. The number of nitrogens with zero attached hydrogens (tertiary/aromatic N) is 1.